The highest BCUT2D eigenvalue weighted by Gasteiger charge is 2.35. The average molecular weight is 323 g/mol. The maximum absolute atomic E-state index is 12.7. The van der Waals surface area contributed by atoms with Crippen molar-refractivity contribution in [3.8, 4) is 0 Å². The second-order valence-electron chi connectivity index (χ2n) is 6.03. The summed E-state index contributed by atoms with van der Waals surface area (Å²) in [6.07, 6.45) is 3.27. The molecule has 0 aliphatic carbocycles. The molecule has 0 amide bonds. The van der Waals surface area contributed by atoms with Gasteiger partial charge >= 0.3 is 0 Å². The van der Waals surface area contributed by atoms with Crippen LogP contribution < -0.4 is 0 Å². The van der Waals surface area contributed by atoms with E-state index in [0.29, 0.717) is 18.1 Å². The summed E-state index contributed by atoms with van der Waals surface area (Å²) in [6.45, 7) is 3.59. The molecule has 0 saturated carbocycles. The quantitative estimate of drug-likeness (QED) is 0.809. The topological polar surface area (TPSA) is 33.2 Å². The molecular weight excluding hydrogens is 304 g/mol. The molecule has 3 nitrogen and oxygen atoms in total. The van der Waals surface area contributed by atoms with E-state index < -0.39 is 0 Å². The number of aromatic nitrogens is 1. The monoisotopic (exact) mass is 322 g/mol. The van der Waals surface area contributed by atoms with Crippen molar-refractivity contribution < 1.29 is 4.79 Å². The largest absolute Gasteiger partial charge is 0.303 e. The van der Waals surface area contributed by atoms with Crippen LogP contribution in [-0.4, -0.2) is 35.3 Å². The Balaban J connectivity index is 0.00000132. The summed E-state index contributed by atoms with van der Waals surface area (Å²) in [5, 5.41) is 0. The second kappa shape index (κ2) is 6.03. The molecule has 112 valence electrons. The summed E-state index contributed by atoms with van der Waals surface area (Å²) in [6, 6.07) is 5.90. The zero-order valence-corrected chi connectivity index (χ0v) is 13.5. The van der Waals surface area contributed by atoms with Gasteiger partial charge in [0.15, 0.2) is 5.78 Å². The van der Waals surface area contributed by atoms with Gasteiger partial charge in [-0.15, -0.1) is 23.7 Å². The number of carbonyl (C=O) groups is 1. The number of hydrogen-bond donors (Lipinski definition) is 0. The van der Waals surface area contributed by atoms with Gasteiger partial charge in [-0.05, 0) is 49.9 Å². The van der Waals surface area contributed by atoms with Crippen molar-refractivity contribution in [1.29, 1.82) is 0 Å². The third kappa shape index (κ3) is 2.72. The van der Waals surface area contributed by atoms with Crippen LogP contribution in [-0.2, 0) is 0 Å². The van der Waals surface area contributed by atoms with Gasteiger partial charge in [0.25, 0.3) is 0 Å². The Morgan fingerprint density at radius 3 is 2.86 bits per heavy atom. The molecular formula is C16H19ClN2OS. The van der Waals surface area contributed by atoms with Crippen LogP contribution in [0.3, 0.4) is 0 Å². The van der Waals surface area contributed by atoms with E-state index in [9.17, 15) is 4.79 Å². The van der Waals surface area contributed by atoms with Gasteiger partial charge in [-0.2, -0.15) is 0 Å². The highest BCUT2D eigenvalue weighted by molar-refractivity contribution is 7.17. The van der Waals surface area contributed by atoms with Crippen molar-refractivity contribution in [3.05, 3.63) is 29.3 Å². The van der Waals surface area contributed by atoms with Crippen molar-refractivity contribution in [2.75, 3.05) is 19.6 Å². The van der Waals surface area contributed by atoms with Crippen molar-refractivity contribution in [2.24, 2.45) is 11.8 Å². The number of nitrogens with zero attached hydrogens (tertiary/aromatic N) is 2. The predicted octanol–water partition coefficient (Wildman–Crippen LogP) is 3.63. The summed E-state index contributed by atoms with van der Waals surface area (Å²) in [7, 11) is 0. The van der Waals surface area contributed by atoms with Crippen molar-refractivity contribution in [2.45, 2.75) is 19.3 Å². The lowest BCUT2D eigenvalue weighted by Gasteiger charge is -2.44. The fourth-order valence-electron chi connectivity index (χ4n) is 3.77. The van der Waals surface area contributed by atoms with E-state index in [1.54, 1.807) is 11.3 Å². The number of Topliss-reactive ketones (excluding diaryl/α,β-unsaturated/α-hetero) is 1. The van der Waals surface area contributed by atoms with Crippen molar-refractivity contribution in [3.63, 3.8) is 0 Å². The minimum Gasteiger partial charge on any atom is -0.303 e. The molecule has 3 fully saturated rings. The number of ketones is 1. The normalized spacial score (nSPS) is 27.5. The number of fused-ring (bicyclic) bond motifs is 4. The molecule has 0 N–H and O–H groups in total. The summed E-state index contributed by atoms with van der Waals surface area (Å²) < 4.78 is 1.05. The molecule has 3 saturated heterocycles. The molecule has 3 aliphatic heterocycles. The molecule has 1 aromatic heterocycles. The SMILES string of the molecule is Cl.O=C(C[C@H]1CN2CCC1CC2)c1cccc2ncsc12. The molecule has 0 unspecified atom stereocenters. The molecule has 1 atom stereocenters. The number of rotatable bonds is 3. The zero-order valence-electron chi connectivity index (χ0n) is 11.8. The van der Waals surface area contributed by atoms with Crippen LogP contribution in [0.5, 0.6) is 0 Å². The van der Waals surface area contributed by atoms with Crippen molar-refractivity contribution in [1.82, 2.24) is 9.88 Å². The van der Waals surface area contributed by atoms with Gasteiger partial charge in [-0.1, -0.05) is 6.07 Å². The summed E-state index contributed by atoms with van der Waals surface area (Å²) in [5.74, 6) is 1.64. The number of carbonyl (C=O) groups excluding carboxylic acids is 1. The number of benzene rings is 1. The van der Waals surface area contributed by atoms with E-state index in [1.165, 1.54) is 25.9 Å². The second-order valence-corrected chi connectivity index (χ2v) is 6.89. The van der Waals surface area contributed by atoms with Gasteiger partial charge in [0.05, 0.1) is 15.7 Å². The van der Waals surface area contributed by atoms with Crippen LogP contribution in [0, 0.1) is 11.8 Å². The van der Waals surface area contributed by atoms with E-state index in [1.807, 2.05) is 23.7 Å². The van der Waals surface area contributed by atoms with Crippen LogP contribution in [0.2, 0.25) is 0 Å². The van der Waals surface area contributed by atoms with Crippen LogP contribution in [0.1, 0.15) is 29.6 Å². The maximum Gasteiger partial charge on any atom is 0.164 e. The summed E-state index contributed by atoms with van der Waals surface area (Å²) in [5.41, 5.74) is 3.66. The molecule has 5 rings (SSSR count). The molecule has 0 radical (unpaired) electrons. The fraction of sp³-hybridized carbons (Fsp3) is 0.500. The minimum absolute atomic E-state index is 0. The standard InChI is InChI=1S/C16H18N2OS.ClH/c19-15(8-12-9-18-6-4-11(12)5-7-18)13-2-1-3-14-16(13)20-10-17-14;/h1-3,10-12H,4-9H2;1H/t12-;/m0./s1. The molecule has 21 heavy (non-hydrogen) atoms. The van der Waals surface area contributed by atoms with Gasteiger partial charge in [0.2, 0.25) is 0 Å². The molecule has 0 spiro atoms. The third-order valence-corrected chi connectivity index (χ3v) is 5.77. The Labute approximate surface area is 134 Å². The average Bonchev–Trinajstić information content (AvgIpc) is 2.96. The number of hydrogen-bond acceptors (Lipinski definition) is 4. The first-order chi connectivity index (χ1) is 9.81. The van der Waals surface area contributed by atoms with E-state index >= 15 is 0 Å². The molecule has 2 aromatic rings. The lowest BCUT2D eigenvalue weighted by Crippen LogP contribution is -2.47. The highest BCUT2D eigenvalue weighted by Crippen LogP contribution is 2.35. The van der Waals surface area contributed by atoms with E-state index in [0.717, 1.165) is 28.2 Å². The predicted molar refractivity (Wildman–Crippen MR) is 88.5 cm³/mol. The Morgan fingerprint density at radius 2 is 2.14 bits per heavy atom. The first kappa shape index (κ1) is 14.9. The van der Waals surface area contributed by atoms with Gasteiger partial charge in [-0.25, -0.2) is 4.98 Å². The number of piperidine rings is 3. The third-order valence-electron chi connectivity index (χ3n) is 4.90. The van der Waals surface area contributed by atoms with Crippen LogP contribution in [0.25, 0.3) is 10.2 Å². The highest BCUT2D eigenvalue weighted by atomic mass is 35.5. The van der Waals surface area contributed by atoms with Crippen LogP contribution in [0.4, 0.5) is 0 Å². The first-order valence-electron chi connectivity index (χ1n) is 7.39. The van der Waals surface area contributed by atoms with Crippen molar-refractivity contribution >= 4 is 39.7 Å². The molecule has 3 aliphatic rings. The molecule has 5 heteroatoms. The smallest absolute Gasteiger partial charge is 0.164 e. The molecule has 2 bridgehead atoms. The Morgan fingerprint density at radius 1 is 1.33 bits per heavy atom. The van der Waals surface area contributed by atoms with E-state index in [4.69, 9.17) is 0 Å². The number of halogens is 1. The van der Waals surface area contributed by atoms with Crippen LogP contribution >= 0.6 is 23.7 Å². The molecule has 1 aromatic carbocycles. The Kier molecular flexibility index (Phi) is 4.29. The Bertz CT molecular complexity index is 649. The summed E-state index contributed by atoms with van der Waals surface area (Å²) >= 11 is 1.58. The minimum atomic E-state index is 0. The first-order valence-corrected chi connectivity index (χ1v) is 8.27. The molecule has 4 heterocycles. The Hall–Kier alpha value is -0.970. The lowest BCUT2D eigenvalue weighted by molar-refractivity contribution is 0.0441. The maximum atomic E-state index is 12.7. The summed E-state index contributed by atoms with van der Waals surface area (Å²) in [4.78, 5) is 19.5. The fourth-order valence-corrected chi connectivity index (χ4v) is 4.59. The number of thiazole rings is 1. The van der Waals surface area contributed by atoms with Gasteiger partial charge < -0.3 is 4.90 Å². The van der Waals surface area contributed by atoms with E-state index in [2.05, 4.69) is 9.88 Å². The lowest BCUT2D eigenvalue weighted by atomic mass is 9.76. The van der Waals surface area contributed by atoms with Gasteiger partial charge in [0, 0.05) is 18.5 Å². The van der Waals surface area contributed by atoms with Crippen LogP contribution in [0.15, 0.2) is 23.7 Å². The van der Waals surface area contributed by atoms with Gasteiger partial charge in [-0.3, -0.25) is 4.79 Å². The zero-order chi connectivity index (χ0) is 13.5. The van der Waals surface area contributed by atoms with E-state index in [-0.39, 0.29) is 12.4 Å². The van der Waals surface area contributed by atoms with Gasteiger partial charge in [0.1, 0.15) is 0 Å².